The molecule has 2 unspecified atom stereocenters. The van der Waals surface area contributed by atoms with Crippen molar-refractivity contribution >= 4 is 5.97 Å². The van der Waals surface area contributed by atoms with Gasteiger partial charge in [-0.3, -0.25) is 4.79 Å². The molecule has 1 heterocycles. The summed E-state index contributed by atoms with van der Waals surface area (Å²) in [6, 6.07) is -0.0591. The summed E-state index contributed by atoms with van der Waals surface area (Å²) in [4.78, 5) is 11.0. The van der Waals surface area contributed by atoms with Crippen LogP contribution >= 0.6 is 0 Å². The largest absolute Gasteiger partial charge is 0.468 e. The van der Waals surface area contributed by atoms with E-state index in [9.17, 15) is 4.79 Å². The molecule has 0 saturated carbocycles. The second-order valence-corrected chi connectivity index (χ2v) is 3.17. The van der Waals surface area contributed by atoms with Crippen LogP contribution in [-0.4, -0.2) is 25.7 Å². The molecule has 0 aromatic carbocycles. The lowest BCUT2D eigenvalue weighted by molar-refractivity contribution is -0.143. The molecule has 1 N–H and O–H groups in total. The standard InChI is InChI=1S/C8H15NO2/c1-6-3-4-7(9-5-6)8(10)11-2/h6-7,9H,3-5H2,1-2H3. The first-order valence-corrected chi connectivity index (χ1v) is 4.05. The van der Waals surface area contributed by atoms with Crippen LogP contribution < -0.4 is 5.32 Å². The van der Waals surface area contributed by atoms with Gasteiger partial charge in [-0.05, 0) is 25.3 Å². The fourth-order valence-electron chi connectivity index (χ4n) is 1.34. The smallest absolute Gasteiger partial charge is 0.322 e. The molecular formula is C8H15NO2. The molecule has 3 heteroatoms. The summed E-state index contributed by atoms with van der Waals surface area (Å²) in [6.45, 7) is 3.11. The van der Waals surface area contributed by atoms with Gasteiger partial charge < -0.3 is 10.1 Å². The van der Waals surface area contributed by atoms with Crippen molar-refractivity contribution < 1.29 is 9.53 Å². The molecule has 0 amide bonds. The van der Waals surface area contributed by atoms with E-state index >= 15 is 0 Å². The zero-order chi connectivity index (χ0) is 8.27. The summed E-state index contributed by atoms with van der Waals surface area (Å²) in [5, 5.41) is 3.14. The predicted octanol–water partition coefficient (Wildman–Crippen LogP) is 0.547. The van der Waals surface area contributed by atoms with E-state index in [2.05, 4.69) is 17.0 Å². The number of methoxy groups -OCH3 is 1. The predicted molar refractivity (Wildman–Crippen MR) is 42.2 cm³/mol. The number of carbonyl (C=O) groups is 1. The zero-order valence-corrected chi connectivity index (χ0v) is 7.09. The molecule has 0 aromatic heterocycles. The molecule has 0 radical (unpaired) electrons. The molecule has 1 aliphatic rings. The Morgan fingerprint density at radius 2 is 2.27 bits per heavy atom. The summed E-state index contributed by atoms with van der Waals surface area (Å²) in [6.07, 6.45) is 2.03. The van der Waals surface area contributed by atoms with E-state index in [1.54, 1.807) is 0 Å². The number of nitrogens with one attached hydrogen (secondary N) is 1. The van der Waals surface area contributed by atoms with Crippen LogP contribution in [0.15, 0.2) is 0 Å². The first kappa shape index (κ1) is 8.53. The van der Waals surface area contributed by atoms with Crippen molar-refractivity contribution in [1.29, 1.82) is 0 Å². The number of carbonyl (C=O) groups excluding carboxylic acids is 1. The average Bonchev–Trinajstić information content (AvgIpc) is 2.05. The first-order chi connectivity index (χ1) is 5.24. The van der Waals surface area contributed by atoms with Crippen LogP contribution in [0.5, 0.6) is 0 Å². The molecule has 0 aromatic rings. The summed E-state index contributed by atoms with van der Waals surface area (Å²) < 4.78 is 4.62. The SMILES string of the molecule is COC(=O)C1CCC(C)CN1. The maximum Gasteiger partial charge on any atom is 0.322 e. The molecule has 1 rings (SSSR count). The monoisotopic (exact) mass is 157 g/mol. The minimum absolute atomic E-state index is 0.0591. The fraction of sp³-hybridized carbons (Fsp3) is 0.875. The maximum absolute atomic E-state index is 11.0. The molecule has 0 spiro atoms. The highest BCUT2D eigenvalue weighted by atomic mass is 16.5. The zero-order valence-electron chi connectivity index (χ0n) is 7.09. The minimum atomic E-state index is -0.128. The van der Waals surface area contributed by atoms with Crippen molar-refractivity contribution in [3.63, 3.8) is 0 Å². The molecule has 1 fully saturated rings. The van der Waals surface area contributed by atoms with Crippen LogP contribution in [-0.2, 0) is 9.53 Å². The lowest BCUT2D eigenvalue weighted by Gasteiger charge is -2.25. The Hall–Kier alpha value is -0.570. The van der Waals surface area contributed by atoms with Crippen LogP contribution in [0.2, 0.25) is 0 Å². The van der Waals surface area contributed by atoms with Crippen molar-refractivity contribution in [3.05, 3.63) is 0 Å². The van der Waals surface area contributed by atoms with Gasteiger partial charge in [-0.25, -0.2) is 0 Å². The number of hydrogen-bond acceptors (Lipinski definition) is 3. The Morgan fingerprint density at radius 3 is 2.73 bits per heavy atom. The highest BCUT2D eigenvalue weighted by Crippen LogP contribution is 2.13. The van der Waals surface area contributed by atoms with Gasteiger partial charge in [0.05, 0.1) is 7.11 Å². The Morgan fingerprint density at radius 1 is 1.55 bits per heavy atom. The van der Waals surface area contributed by atoms with Crippen LogP contribution in [0.1, 0.15) is 19.8 Å². The number of hydrogen-bond donors (Lipinski definition) is 1. The quantitative estimate of drug-likeness (QED) is 0.565. The van der Waals surface area contributed by atoms with Crippen molar-refractivity contribution in [1.82, 2.24) is 5.32 Å². The molecule has 0 aliphatic carbocycles. The molecule has 1 aliphatic heterocycles. The summed E-state index contributed by atoms with van der Waals surface area (Å²) in [5.74, 6) is 0.563. The third-order valence-corrected chi connectivity index (χ3v) is 2.15. The van der Waals surface area contributed by atoms with Crippen molar-refractivity contribution in [2.45, 2.75) is 25.8 Å². The van der Waals surface area contributed by atoms with Gasteiger partial charge in [-0.2, -0.15) is 0 Å². The van der Waals surface area contributed by atoms with Gasteiger partial charge in [0.15, 0.2) is 0 Å². The molecule has 11 heavy (non-hydrogen) atoms. The van der Waals surface area contributed by atoms with Crippen LogP contribution in [0, 0.1) is 5.92 Å². The Kier molecular flexibility index (Phi) is 2.88. The normalized spacial score (nSPS) is 31.5. The van der Waals surface area contributed by atoms with Gasteiger partial charge >= 0.3 is 5.97 Å². The summed E-state index contributed by atoms with van der Waals surface area (Å²) in [5.41, 5.74) is 0. The highest BCUT2D eigenvalue weighted by Gasteiger charge is 2.23. The molecule has 1 saturated heterocycles. The van der Waals surface area contributed by atoms with Crippen LogP contribution in [0.4, 0.5) is 0 Å². The molecule has 2 atom stereocenters. The summed E-state index contributed by atoms with van der Waals surface area (Å²) in [7, 11) is 1.43. The van der Waals surface area contributed by atoms with Gasteiger partial charge in [0.2, 0.25) is 0 Å². The Balaban J connectivity index is 2.33. The third kappa shape index (κ3) is 2.19. The van der Waals surface area contributed by atoms with Gasteiger partial charge in [-0.15, -0.1) is 0 Å². The summed E-state index contributed by atoms with van der Waals surface area (Å²) >= 11 is 0. The lowest BCUT2D eigenvalue weighted by Crippen LogP contribution is -2.43. The molecular weight excluding hydrogens is 142 g/mol. The van der Waals surface area contributed by atoms with E-state index in [1.165, 1.54) is 7.11 Å². The molecule has 0 bridgehead atoms. The van der Waals surface area contributed by atoms with E-state index in [0.29, 0.717) is 5.92 Å². The van der Waals surface area contributed by atoms with Gasteiger partial charge in [-0.1, -0.05) is 6.92 Å². The number of piperidine rings is 1. The first-order valence-electron chi connectivity index (χ1n) is 4.05. The maximum atomic E-state index is 11.0. The number of rotatable bonds is 1. The van der Waals surface area contributed by atoms with E-state index in [1.807, 2.05) is 0 Å². The second-order valence-electron chi connectivity index (χ2n) is 3.17. The topological polar surface area (TPSA) is 38.3 Å². The van der Waals surface area contributed by atoms with Gasteiger partial charge in [0.1, 0.15) is 6.04 Å². The second kappa shape index (κ2) is 3.72. The number of esters is 1. The van der Waals surface area contributed by atoms with E-state index < -0.39 is 0 Å². The minimum Gasteiger partial charge on any atom is -0.468 e. The van der Waals surface area contributed by atoms with Crippen LogP contribution in [0.3, 0.4) is 0 Å². The van der Waals surface area contributed by atoms with Crippen molar-refractivity contribution in [2.75, 3.05) is 13.7 Å². The van der Waals surface area contributed by atoms with Crippen molar-refractivity contribution in [2.24, 2.45) is 5.92 Å². The molecule has 64 valence electrons. The average molecular weight is 157 g/mol. The van der Waals surface area contributed by atoms with Gasteiger partial charge in [0.25, 0.3) is 0 Å². The highest BCUT2D eigenvalue weighted by molar-refractivity contribution is 5.75. The van der Waals surface area contributed by atoms with Gasteiger partial charge in [0, 0.05) is 0 Å². The Bertz CT molecular complexity index is 139. The van der Waals surface area contributed by atoms with E-state index in [4.69, 9.17) is 0 Å². The molecule has 3 nitrogen and oxygen atoms in total. The van der Waals surface area contributed by atoms with E-state index in [-0.39, 0.29) is 12.0 Å². The number of ether oxygens (including phenoxy) is 1. The fourth-order valence-corrected chi connectivity index (χ4v) is 1.34. The third-order valence-electron chi connectivity index (χ3n) is 2.15. The van der Waals surface area contributed by atoms with Crippen molar-refractivity contribution in [3.8, 4) is 0 Å². The lowest BCUT2D eigenvalue weighted by atomic mass is 9.97. The van der Waals surface area contributed by atoms with Crippen LogP contribution in [0.25, 0.3) is 0 Å². The Labute approximate surface area is 67.1 Å². The van der Waals surface area contributed by atoms with E-state index in [0.717, 1.165) is 19.4 Å².